The van der Waals surface area contributed by atoms with Crippen LogP contribution in [0.25, 0.3) is 0 Å². The van der Waals surface area contributed by atoms with Crippen LogP contribution in [0.2, 0.25) is 0 Å². The summed E-state index contributed by atoms with van der Waals surface area (Å²) in [5.41, 5.74) is 3.53. The van der Waals surface area contributed by atoms with Gasteiger partial charge in [0, 0.05) is 6.54 Å². The molecule has 1 N–H and O–H groups in total. The van der Waals surface area contributed by atoms with Crippen LogP contribution in [0.5, 0.6) is 11.5 Å². The van der Waals surface area contributed by atoms with Crippen LogP contribution in [0.1, 0.15) is 35.6 Å². The van der Waals surface area contributed by atoms with Crippen molar-refractivity contribution in [1.82, 2.24) is 4.90 Å². The number of likely N-dealkylation sites (tertiary alicyclic amines) is 1. The van der Waals surface area contributed by atoms with Gasteiger partial charge in [-0.3, -0.25) is 9.69 Å². The number of hydrogen-bond acceptors (Lipinski definition) is 3. The molecule has 2 unspecified atom stereocenters. The maximum Gasteiger partial charge on any atom is 0.307 e. The molecule has 1 saturated heterocycles. The summed E-state index contributed by atoms with van der Waals surface area (Å²) in [5, 5.41) is 9.60. The summed E-state index contributed by atoms with van der Waals surface area (Å²) in [6, 6.07) is 26.3. The van der Waals surface area contributed by atoms with E-state index >= 15 is 0 Å². The van der Waals surface area contributed by atoms with Crippen LogP contribution in [0, 0.1) is 12.8 Å². The van der Waals surface area contributed by atoms with Crippen molar-refractivity contribution in [2.45, 2.75) is 25.8 Å². The Kier molecular flexibility index (Phi) is 6.15. The first-order chi connectivity index (χ1) is 14.6. The number of carboxylic acid groups (broad SMARTS) is 1. The number of carboxylic acids is 1. The lowest BCUT2D eigenvalue weighted by atomic mass is 9.89. The average Bonchev–Trinajstić information content (AvgIpc) is 2.77. The minimum Gasteiger partial charge on any atom is -0.481 e. The number of para-hydroxylation sites is 1. The summed E-state index contributed by atoms with van der Waals surface area (Å²) in [6.07, 6.45) is 1.63. The van der Waals surface area contributed by atoms with Crippen LogP contribution in [-0.2, 0) is 4.79 Å². The zero-order chi connectivity index (χ0) is 20.9. The molecule has 4 rings (SSSR count). The van der Waals surface area contributed by atoms with Gasteiger partial charge in [0.15, 0.2) is 0 Å². The van der Waals surface area contributed by atoms with Crippen LogP contribution >= 0.6 is 0 Å². The minimum atomic E-state index is -0.704. The van der Waals surface area contributed by atoms with Crippen LogP contribution < -0.4 is 4.74 Å². The van der Waals surface area contributed by atoms with Gasteiger partial charge < -0.3 is 9.84 Å². The van der Waals surface area contributed by atoms with E-state index in [2.05, 4.69) is 42.2 Å². The zero-order valence-electron chi connectivity index (χ0n) is 17.2. The maximum atomic E-state index is 11.7. The first-order valence-corrected chi connectivity index (χ1v) is 10.5. The number of aliphatic carboxylic acids is 1. The van der Waals surface area contributed by atoms with Gasteiger partial charge in [-0.25, -0.2) is 0 Å². The minimum absolute atomic E-state index is 0.00678. The molecule has 0 aromatic heterocycles. The fourth-order valence-corrected chi connectivity index (χ4v) is 4.30. The number of hydrogen-bond donors (Lipinski definition) is 1. The maximum absolute atomic E-state index is 11.7. The molecule has 3 aromatic carbocycles. The molecule has 1 aliphatic rings. The summed E-state index contributed by atoms with van der Waals surface area (Å²) in [4.78, 5) is 14.0. The molecule has 1 fully saturated rings. The highest BCUT2D eigenvalue weighted by Crippen LogP contribution is 2.36. The third kappa shape index (κ3) is 4.55. The van der Waals surface area contributed by atoms with Crippen molar-refractivity contribution in [3.05, 3.63) is 95.6 Å². The standard InChI is InChI=1S/C26H27NO3/c1-19-9-5-6-15-24(19)25(27-16-8-11-21(18-27)26(28)29)20-10-7-14-23(17-20)30-22-12-3-2-4-13-22/h2-7,9-10,12-15,17,21,25H,8,11,16,18H2,1H3,(H,28,29). The van der Waals surface area contributed by atoms with Crippen molar-refractivity contribution in [3.63, 3.8) is 0 Å². The number of nitrogens with zero attached hydrogens (tertiary/aromatic N) is 1. The first kappa shape index (κ1) is 20.2. The molecule has 0 radical (unpaired) electrons. The van der Waals surface area contributed by atoms with Gasteiger partial charge in [0.2, 0.25) is 0 Å². The zero-order valence-corrected chi connectivity index (χ0v) is 17.2. The van der Waals surface area contributed by atoms with Crippen molar-refractivity contribution in [3.8, 4) is 11.5 Å². The third-order valence-electron chi connectivity index (χ3n) is 5.80. The quantitative estimate of drug-likeness (QED) is 0.578. The van der Waals surface area contributed by atoms with Crippen molar-refractivity contribution in [2.24, 2.45) is 5.92 Å². The van der Waals surface area contributed by atoms with E-state index in [4.69, 9.17) is 4.74 Å². The lowest BCUT2D eigenvalue weighted by Crippen LogP contribution is -2.41. The van der Waals surface area contributed by atoms with Gasteiger partial charge in [-0.15, -0.1) is 0 Å². The van der Waals surface area contributed by atoms with Gasteiger partial charge in [-0.1, -0.05) is 54.6 Å². The van der Waals surface area contributed by atoms with Crippen molar-refractivity contribution >= 4 is 5.97 Å². The third-order valence-corrected chi connectivity index (χ3v) is 5.80. The molecule has 0 saturated carbocycles. The summed E-state index contributed by atoms with van der Waals surface area (Å²) < 4.78 is 6.07. The summed E-state index contributed by atoms with van der Waals surface area (Å²) in [6.45, 7) is 3.55. The smallest absolute Gasteiger partial charge is 0.307 e. The molecule has 1 heterocycles. The molecule has 30 heavy (non-hydrogen) atoms. The highest BCUT2D eigenvalue weighted by molar-refractivity contribution is 5.70. The highest BCUT2D eigenvalue weighted by atomic mass is 16.5. The topological polar surface area (TPSA) is 49.8 Å². The Bertz CT molecular complexity index is 1000. The number of ether oxygens (including phenoxy) is 1. The number of aryl methyl sites for hydroxylation is 1. The number of benzene rings is 3. The van der Waals surface area contributed by atoms with Gasteiger partial charge in [0.05, 0.1) is 12.0 Å². The molecule has 0 spiro atoms. The Morgan fingerprint density at radius 3 is 2.50 bits per heavy atom. The molecular formula is C26H27NO3. The van der Waals surface area contributed by atoms with E-state index < -0.39 is 5.97 Å². The molecule has 1 aliphatic heterocycles. The number of carbonyl (C=O) groups is 1. The van der Waals surface area contributed by atoms with Crippen LogP contribution in [0.3, 0.4) is 0 Å². The van der Waals surface area contributed by atoms with E-state index in [9.17, 15) is 9.90 Å². The van der Waals surface area contributed by atoms with Crippen molar-refractivity contribution in [1.29, 1.82) is 0 Å². The van der Waals surface area contributed by atoms with E-state index in [1.54, 1.807) is 0 Å². The highest BCUT2D eigenvalue weighted by Gasteiger charge is 2.32. The Morgan fingerprint density at radius 1 is 1.00 bits per heavy atom. The normalized spacial score (nSPS) is 18.0. The van der Waals surface area contributed by atoms with E-state index in [1.807, 2.05) is 48.5 Å². The molecule has 4 nitrogen and oxygen atoms in total. The molecular weight excluding hydrogens is 374 g/mol. The molecule has 4 heteroatoms. The van der Waals surface area contributed by atoms with Crippen molar-refractivity contribution < 1.29 is 14.6 Å². The first-order valence-electron chi connectivity index (χ1n) is 10.5. The lowest BCUT2D eigenvalue weighted by Gasteiger charge is -2.38. The molecule has 3 aromatic rings. The van der Waals surface area contributed by atoms with Gasteiger partial charge in [0.25, 0.3) is 0 Å². The summed E-state index contributed by atoms with van der Waals surface area (Å²) >= 11 is 0. The monoisotopic (exact) mass is 401 g/mol. The molecule has 0 amide bonds. The Morgan fingerprint density at radius 2 is 1.73 bits per heavy atom. The van der Waals surface area contributed by atoms with Gasteiger partial charge in [-0.05, 0) is 67.3 Å². The van der Waals surface area contributed by atoms with E-state index in [1.165, 1.54) is 11.1 Å². The predicted molar refractivity (Wildman–Crippen MR) is 118 cm³/mol. The predicted octanol–water partition coefficient (Wildman–Crippen LogP) is 5.67. The lowest BCUT2D eigenvalue weighted by molar-refractivity contribution is -0.143. The second-order valence-electron chi connectivity index (χ2n) is 7.92. The SMILES string of the molecule is Cc1ccccc1C(c1cccc(Oc2ccccc2)c1)N1CCCC(C(=O)O)C1. The van der Waals surface area contributed by atoms with Gasteiger partial charge in [0.1, 0.15) is 11.5 Å². The van der Waals surface area contributed by atoms with E-state index in [0.717, 1.165) is 36.4 Å². The van der Waals surface area contributed by atoms with Crippen molar-refractivity contribution in [2.75, 3.05) is 13.1 Å². The second kappa shape index (κ2) is 9.14. The fraction of sp³-hybridized carbons (Fsp3) is 0.269. The second-order valence-corrected chi connectivity index (χ2v) is 7.92. The Balaban J connectivity index is 1.70. The van der Waals surface area contributed by atoms with E-state index in [0.29, 0.717) is 6.54 Å². The molecule has 154 valence electrons. The van der Waals surface area contributed by atoms with Crippen LogP contribution in [0.15, 0.2) is 78.9 Å². The van der Waals surface area contributed by atoms with Crippen LogP contribution in [0.4, 0.5) is 0 Å². The van der Waals surface area contributed by atoms with Gasteiger partial charge in [-0.2, -0.15) is 0 Å². The Labute approximate surface area is 177 Å². The summed E-state index contributed by atoms with van der Waals surface area (Å²) in [7, 11) is 0. The van der Waals surface area contributed by atoms with E-state index in [-0.39, 0.29) is 12.0 Å². The van der Waals surface area contributed by atoms with Crippen LogP contribution in [-0.4, -0.2) is 29.1 Å². The summed E-state index contributed by atoms with van der Waals surface area (Å²) in [5.74, 6) is 0.550. The average molecular weight is 402 g/mol. The number of rotatable bonds is 6. The largest absolute Gasteiger partial charge is 0.481 e. The number of piperidine rings is 1. The fourth-order valence-electron chi connectivity index (χ4n) is 4.30. The molecule has 2 atom stereocenters. The Hall–Kier alpha value is -3.11. The van der Waals surface area contributed by atoms with Gasteiger partial charge >= 0.3 is 5.97 Å². The molecule has 0 aliphatic carbocycles. The molecule has 0 bridgehead atoms.